The molecular weight excluding hydrogens is 479 g/mol. The highest BCUT2D eigenvalue weighted by molar-refractivity contribution is 7.90. The number of sulfonamides is 1. The number of halogens is 5. The van der Waals surface area contributed by atoms with Crippen LogP contribution in [0.3, 0.4) is 0 Å². The van der Waals surface area contributed by atoms with Gasteiger partial charge in [0, 0.05) is 35.3 Å². The lowest BCUT2D eigenvalue weighted by atomic mass is 10.0. The molecule has 0 radical (unpaired) electrons. The summed E-state index contributed by atoms with van der Waals surface area (Å²) in [5, 5.41) is 0.627. The number of aryl methyl sites for hydroxylation is 1. The number of hydrogen-bond acceptors (Lipinski definition) is 3. The number of hydrogen-bond donors (Lipinski definition) is 1. The monoisotopic (exact) mass is 494 g/mol. The summed E-state index contributed by atoms with van der Waals surface area (Å²) in [4.78, 5) is 12.0. The molecule has 4 aromatic rings. The van der Waals surface area contributed by atoms with Gasteiger partial charge in [-0.25, -0.2) is 21.9 Å². The van der Waals surface area contributed by atoms with E-state index < -0.39 is 44.2 Å². The molecule has 0 spiro atoms. The Morgan fingerprint density at radius 1 is 0.912 bits per heavy atom. The summed E-state index contributed by atoms with van der Waals surface area (Å²) < 4.78 is 93.2. The number of fused-ring (bicyclic) bond motifs is 1. The summed E-state index contributed by atoms with van der Waals surface area (Å²) in [5.74, 6) is -3.61. The van der Waals surface area contributed by atoms with E-state index >= 15 is 0 Å². The Kier molecular flexibility index (Phi) is 5.68. The summed E-state index contributed by atoms with van der Waals surface area (Å²) in [6.07, 6.45) is -2.79. The lowest BCUT2D eigenvalue weighted by molar-refractivity contribution is -0.137. The first-order valence-corrected chi connectivity index (χ1v) is 11.1. The SMILES string of the molecule is Cn1cc(-c2ccc(C(F)(F)F)cc2)c2ccc(C(=O)NS(=O)(=O)c3ccc(F)c(F)c3)cc21. The normalized spacial score (nSPS) is 12.2. The van der Waals surface area contributed by atoms with Gasteiger partial charge < -0.3 is 4.57 Å². The fraction of sp³-hybridized carbons (Fsp3) is 0.0870. The van der Waals surface area contributed by atoms with Crippen LogP contribution in [0.2, 0.25) is 0 Å². The van der Waals surface area contributed by atoms with Gasteiger partial charge in [0.15, 0.2) is 11.6 Å². The Morgan fingerprint density at radius 2 is 1.59 bits per heavy atom. The minimum Gasteiger partial charge on any atom is -0.350 e. The highest BCUT2D eigenvalue weighted by Gasteiger charge is 2.30. The second kappa shape index (κ2) is 8.24. The molecule has 0 bridgehead atoms. The predicted molar refractivity (Wildman–Crippen MR) is 114 cm³/mol. The largest absolute Gasteiger partial charge is 0.416 e. The van der Waals surface area contributed by atoms with Crippen LogP contribution in [0, 0.1) is 11.6 Å². The van der Waals surface area contributed by atoms with Gasteiger partial charge in [0.05, 0.1) is 10.5 Å². The van der Waals surface area contributed by atoms with Crippen molar-refractivity contribution in [3.8, 4) is 11.1 Å². The van der Waals surface area contributed by atoms with E-state index in [2.05, 4.69) is 0 Å². The van der Waals surface area contributed by atoms with Gasteiger partial charge in [-0.2, -0.15) is 13.2 Å². The van der Waals surface area contributed by atoms with E-state index in [-0.39, 0.29) is 5.56 Å². The molecule has 0 fully saturated rings. The van der Waals surface area contributed by atoms with Gasteiger partial charge in [0.25, 0.3) is 15.9 Å². The molecule has 34 heavy (non-hydrogen) atoms. The lowest BCUT2D eigenvalue weighted by Crippen LogP contribution is -2.30. The zero-order chi connectivity index (χ0) is 24.8. The van der Waals surface area contributed by atoms with Gasteiger partial charge in [-0.3, -0.25) is 4.79 Å². The molecule has 1 amide bonds. The Labute approximate surface area is 190 Å². The number of aromatic nitrogens is 1. The van der Waals surface area contributed by atoms with Crippen LogP contribution in [0.25, 0.3) is 22.0 Å². The van der Waals surface area contributed by atoms with E-state index in [1.165, 1.54) is 24.3 Å². The zero-order valence-corrected chi connectivity index (χ0v) is 18.1. The maximum absolute atomic E-state index is 13.4. The smallest absolute Gasteiger partial charge is 0.350 e. The van der Waals surface area contributed by atoms with Crippen LogP contribution < -0.4 is 4.72 Å². The molecule has 0 atom stereocenters. The van der Waals surface area contributed by atoms with E-state index in [4.69, 9.17) is 0 Å². The number of amides is 1. The molecule has 1 heterocycles. The first kappa shape index (κ1) is 23.4. The molecule has 11 heteroatoms. The average Bonchev–Trinajstić information content (AvgIpc) is 3.10. The number of carbonyl (C=O) groups is 1. The second-order valence-electron chi connectivity index (χ2n) is 7.47. The molecule has 0 aliphatic rings. The number of benzene rings is 3. The standard InChI is InChI=1S/C23H15F5N2O3S/c1-30-12-18(13-2-5-15(6-3-13)23(26,27)28)17-8-4-14(10-21(17)30)22(31)29-34(32,33)16-7-9-19(24)20(25)11-16/h2-12H,1H3,(H,29,31). The molecule has 3 aromatic carbocycles. The Bertz CT molecular complexity index is 1520. The fourth-order valence-corrected chi connectivity index (χ4v) is 4.46. The predicted octanol–water partition coefficient (Wildman–Crippen LogP) is 5.26. The van der Waals surface area contributed by atoms with Crippen molar-refractivity contribution in [2.75, 3.05) is 0 Å². The van der Waals surface area contributed by atoms with Crippen LogP contribution in [0.1, 0.15) is 15.9 Å². The van der Waals surface area contributed by atoms with Gasteiger partial charge in [-0.05, 0) is 48.0 Å². The fourth-order valence-electron chi connectivity index (χ4n) is 3.48. The first-order valence-electron chi connectivity index (χ1n) is 9.66. The molecular formula is C23H15F5N2O3S. The molecule has 0 aliphatic heterocycles. The highest BCUT2D eigenvalue weighted by Crippen LogP contribution is 2.34. The first-order chi connectivity index (χ1) is 15.9. The molecule has 176 valence electrons. The molecule has 0 saturated carbocycles. The molecule has 4 rings (SSSR count). The number of rotatable bonds is 4. The van der Waals surface area contributed by atoms with E-state index in [0.717, 1.165) is 18.2 Å². The lowest BCUT2D eigenvalue weighted by Gasteiger charge is -2.08. The third-order valence-corrected chi connectivity index (χ3v) is 6.53. The summed E-state index contributed by atoms with van der Waals surface area (Å²) in [6, 6.07) is 10.9. The van der Waals surface area contributed by atoms with E-state index in [9.17, 15) is 35.2 Å². The minimum absolute atomic E-state index is 0.0289. The van der Waals surface area contributed by atoms with Crippen LogP contribution in [-0.2, 0) is 23.2 Å². The van der Waals surface area contributed by atoms with Crippen LogP contribution >= 0.6 is 0 Å². The highest BCUT2D eigenvalue weighted by atomic mass is 32.2. The van der Waals surface area contributed by atoms with Crippen molar-refractivity contribution in [1.82, 2.24) is 9.29 Å². The number of alkyl halides is 3. The van der Waals surface area contributed by atoms with Crippen molar-refractivity contribution in [3.05, 3.63) is 89.6 Å². The summed E-state index contributed by atoms with van der Waals surface area (Å²) in [7, 11) is -2.81. The molecule has 0 saturated heterocycles. The van der Waals surface area contributed by atoms with Crippen molar-refractivity contribution in [2.45, 2.75) is 11.1 Å². The number of carbonyl (C=O) groups excluding carboxylic acids is 1. The molecule has 0 aliphatic carbocycles. The van der Waals surface area contributed by atoms with Crippen molar-refractivity contribution in [3.63, 3.8) is 0 Å². The van der Waals surface area contributed by atoms with E-state index in [1.54, 1.807) is 28.6 Å². The third-order valence-electron chi connectivity index (χ3n) is 5.20. The maximum Gasteiger partial charge on any atom is 0.416 e. The zero-order valence-electron chi connectivity index (χ0n) is 17.3. The Hall–Kier alpha value is -3.73. The van der Waals surface area contributed by atoms with Crippen molar-refractivity contribution in [1.29, 1.82) is 0 Å². The van der Waals surface area contributed by atoms with Gasteiger partial charge in [0.2, 0.25) is 0 Å². The van der Waals surface area contributed by atoms with E-state index in [0.29, 0.717) is 34.2 Å². The molecule has 5 nitrogen and oxygen atoms in total. The summed E-state index contributed by atoms with van der Waals surface area (Å²) >= 11 is 0. The van der Waals surface area contributed by atoms with E-state index in [1.807, 2.05) is 0 Å². The molecule has 1 N–H and O–H groups in total. The second-order valence-corrected chi connectivity index (χ2v) is 9.15. The minimum atomic E-state index is -4.47. The number of nitrogens with one attached hydrogen (secondary N) is 1. The van der Waals surface area contributed by atoms with Gasteiger partial charge in [0.1, 0.15) is 0 Å². The van der Waals surface area contributed by atoms with Gasteiger partial charge in [-0.15, -0.1) is 0 Å². The average molecular weight is 494 g/mol. The van der Waals surface area contributed by atoms with Crippen LogP contribution in [-0.4, -0.2) is 18.9 Å². The molecule has 0 unspecified atom stereocenters. The van der Waals surface area contributed by atoms with Crippen molar-refractivity contribution in [2.24, 2.45) is 7.05 Å². The van der Waals surface area contributed by atoms with Crippen molar-refractivity contribution < 1.29 is 35.2 Å². The topological polar surface area (TPSA) is 68.2 Å². The van der Waals surface area contributed by atoms with Gasteiger partial charge >= 0.3 is 6.18 Å². The van der Waals surface area contributed by atoms with Crippen molar-refractivity contribution >= 4 is 26.8 Å². The summed E-state index contributed by atoms with van der Waals surface area (Å²) in [6.45, 7) is 0. The van der Waals surface area contributed by atoms with Crippen LogP contribution in [0.5, 0.6) is 0 Å². The van der Waals surface area contributed by atoms with Crippen LogP contribution in [0.4, 0.5) is 22.0 Å². The Balaban J connectivity index is 1.65. The molecule has 1 aromatic heterocycles. The van der Waals surface area contributed by atoms with Gasteiger partial charge in [-0.1, -0.05) is 18.2 Å². The third kappa shape index (κ3) is 4.38. The summed E-state index contributed by atoms with van der Waals surface area (Å²) in [5.41, 5.74) is 0.855. The maximum atomic E-state index is 13.4. The quantitative estimate of drug-likeness (QED) is 0.394. The number of nitrogens with zero attached hydrogens (tertiary/aromatic N) is 1. The Morgan fingerprint density at radius 3 is 2.21 bits per heavy atom. The van der Waals surface area contributed by atoms with Crippen LogP contribution in [0.15, 0.2) is 71.8 Å².